The van der Waals surface area contributed by atoms with E-state index in [1.807, 2.05) is 25.1 Å². The maximum atomic E-state index is 10.5. The number of ether oxygens (including phenoxy) is 1. The van der Waals surface area contributed by atoms with E-state index in [2.05, 4.69) is 15.9 Å². The zero-order valence-corrected chi connectivity index (χ0v) is 13.1. The molecule has 20 heavy (non-hydrogen) atoms. The number of nitrogens with two attached hydrogens (primary N) is 1. The number of benzene rings is 1. The van der Waals surface area contributed by atoms with Crippen LogP contribution in [-0.4, -0.2) is 18.8 Å². The third-order valence-corrected chi connectivity index (χ3v) is 3.73. The Balaban J connectivity index is 2.39. The van der Waals surface area contributed by atoms with Gasteiger partial charge in [-0.2, -0.15) is 0 Å². The van der Waals surface area contributed by atoms with Crippen molar-refractivity contribution in [1.82, 2.24) is 0 Å². The fourth-order valence-corrected chi connectivity index (χ4v) is 2.57. The van der Waals surface area contributed by atoms with Gasteiger partial charge in [-0.15, -0.1) is 0 Å². The highest BCUT2D eigenvalue weighted by Gasteiger charge is 2.26. The van der Waals surface area contributed by atoms with E-state index in [1.54, 1.807) is 19.2 Å². The molecule has 0 amide bonds. The van der Waals surface area contributed by atoms with E-state index in [4.69, 9.17) is 14.9 Å². The Morgan fingerprint density at radius 1 is 1.35 bits per heavy atom. The van der Waals surface area contributed by atoms with Gasteiger partial charge in [0.2, 0.25) is 0 Å². The van der Waals surface area contributed by atoms with Crippen molar-refractivity contribution >= 4 is 15.9 Å². The molecule has 0 aliphatic heterocycles. The monoisotopic (exact) mass is 339 g/mol. The lowest BCUT2D eigenvalue weighted by atomic mass is 9.90. The molecular weight excluding hydrogens is 322 g/mol. The largest absolute Gasteiger partial charge is 0.496 e. The zero-order valence-electron chi connectivity index (χ0n) is 11.5. The molecule has 4 nitrogen and oxygen atoms in total. The zero-order chi connectivity index (χ0) is 14.7. The Hall–Kier alpha value is -1.30. The molecule has 2 rings (SSSR count). The number of hydrogen-bond donors (Lipinski definition) is 2. The predicted molar refractivity (Wildman–Crippen MR) is 80.9 cm³/mol. The summed E-state index contributed by atoms with van der Waals surface area (Å²) in [4.78, 5) is 0. The quantitative estimate of drug-likeness (QED) is 0.877. The van der Waals surface area contributed by atoms with E-state index in [9.17, 15) is 5.11 Å². The van der Waals surface area contributed by atoms with Crippen molar-refractivity contribution < 1.29 is 14.3 Å². The number of methoxy groups -OCH3 is 1. The van der Waals surface area contributed by atoms with E-state index in [0.29, 0.717) is 17.0 Å². The molecule has 0 aliphatic rings. The van der Waals surface area contributed by atoms with Gasteiger partial charge >= 0.3 is 0 Å². The standard InChI is InChI=1S/C15H18BrNO3/c1-9-3-4-12(19-2)10(7-9)11(8-17)15(18)13-5-6-14(16)20-13/h3-7,11,15,18H,8,17H2,1-2H3. The SMILES string of the molecule is COc1ccc(C)cc1C(CN)C(O)c1ccc(Br)o1. The summed E-state index contributed by atoms with van der Waals surface area (Å²) in [5, 5.41) is 10.5. The Morgan fingerprint density at radius 2 is 2.10 bits per heavy atom. The van der Waals surface area contributed by atoms with Gasteiger partial charge in [0.1, 0.15) is 17.6 Å². The minimum atomic E-state index is -0.818. The Kier molecular flexibility index (Phi) is 4.86. The van der Waals surface area contributed by atoms with Gasteiger partial charge in [-0.1, -0.05) is 17.7 Å². The average molecular weight is 340 g/mol. The molecule has 0 saturated carbocycles. The van der Waals surface area contributed by atoms with E-state index < -0.39 is 6.10 Å². The Labute approximate surface area is 126 Å². The maximum absolute atomic E-state index is 10.5. The summed E-state index contributed by atoms with van der Waals surface area (Å²) in [6.07, 6.45) is -0.818. The van der Waals surface area contributed by atoms with Crippen LogP contribution in [0.1, 0.15) is 28.9 Å². The van der Waals surface area contributed by atoms with Crippen LogP contribution in [0.5, 0.6) is 5.75 Å². The van der Waals surface area contributed by atoms with E-state index in [0.717, 1.165) is 16.9 Å². The molecule has 1 heterocycles. The normalized spacial score (nSPS) is 14.1. The first kappa shape index (κ1) is 15.1. The van der Waals surface area contributed by atoms with Crippen LogP contribution < -0.4 is 10.5 Å². The molecule has 0 saturated heterocycles. The van der Waals surface area contributed by atoms with Crippen molar-refractivity contribution in [3.63, 3.8) is 0 Å². The number of aryl methyl sites for hydroxylation is 1. The van der Waals surface area contributed by atoms with Gasteiger partial charge in [-0.3, -0.25) is 0 Å². The molecule has 0 fully saturated rings. The first-order chi connectivity index (χ1) is 9.56. The molecule has 5 heteroatoms. The fraction of sp³-hybridized carbons (Fsp3) is 0.333. The molecule has 0 aliphatic carbocycles. The van der Waals surface area contributed by atoms with Crippen molar-refractivity contribution in [1.29, 1.82) is 0 Å². The van der Waals surface area contributed by atoms with Crippen LogP contribution in [0.3, 0.4) is 0 Å². The van der Waals surface area contributed by atoms with Crippen molar-refractivity contribution in [3.8, 4) is 5.75 Å². The van der Waals surface area contributed by atoms with Crippen LogP contribution in [0.25, 0.3) is 0 Å². The summed E-state index contributed by atoms with van der Waals surface area (Å²) in [7, 11) is 1.61. The van der Waals surface area contributed by atoms with Crippen molar-refractivity contribution in [2.24, 2.45) is 5.73 Å². The summed E-state index contributed by atoms with van der Waals surface area (Å²) < 4.78 is 11.4. The van der Waals surface area contributed by atoms with E-state index >= 15 is 0 Å². The number of aliphatic hydroxyl groups excluding tert-OH is 1. The minimum absolute atomic E-state index is 0.289. The topological polar surface area (TPSA) is 68.6 Å². The van der Waals surface area contributed by atoms with Crippen LogP contribution in [-0.2, 0) is 0 Å². The van der Waals surface area contributed by atoms with Crippen molar-refractivity contribution in [2.45, 2.75) is 18.9 Å². The van der Waals surface area contributed by atoms with Gasteiger partial charge < -0.3 is 20.0 Å². The average Bonchev–Trinajstić information content (AvgIpc) is 2.86. The summed E-state index contributed by atoms with van der Waals surface area (Å²) in [5.41, 5.74) is 7.83. The Bertz CT molecular complexity index is 582. The van der Waals surface area contributed by atoms with Gasteiger partial charge in [-0.25, -0.2) is 0 Å². The molecule has 0 spiro atoms. The van der Waals surface area contributed by atoms with E-state index in [-0.39, 0.29) is 5.92 Å². The Morgan fingerprint density at radius 3 is 2.65 bits per heavy atom. The second-order valence-corrected chi connectivity index (χ2v) is 5.46. The lowest BCUT2D eigenvalue weighted by molar-refractivity contribution is 0.119. The third kappa shape index (κ3) is 3.06. The highest BCUT2D eigenvalue weighted by Crippen LogP contribution is 2.37. The second kappa shape index (κ2) is 6.43. The molecule has 2 unspecified atom stereocenters. The molecule has 2 atom stereocenters. The smallest absolute Gasteiger partial charge is 0.169 e. The molecular formula is C15H18BrNO3. The summed E-state index contributed by atoms with van der Waals surface area (Å²) in [6, 6.07) is 9.32. The number of furan rings is 1. The van der Waals surface area contributed by atoms with Gasteiger partial charge in [0.05, 0.1) is 7.11 Å². The summed E-state index contributed by atoms with van der Waals surface area (Å²) in [5.74, 6) is 0.912. The molecule has 3 N–H and O–H groups in total. The lowest BCUT2D eigenvalue weighted by Crippen LogP contribution is -2.20. The van der Waals surface area contributed by atoms with Crippen molar-refractivity contribution in [3.05, 3.63) is 51.9 Å². The van der Waals surface area contributed by atoms with Gasteiger partial charge in [0.15, 0.2) is 4.67 Å². The van der Waals surface area contributed by atoms with E-state index in [1.165, 1.54) is 0 Å². The fourth-order valence-electron chi connectivity index (χ4n) is 2.26. The van der Waals surface area contributed by atoms with Crippen molar-refractivity contribution in [2.75, 3.05) is 13.7 Å². The first-order valence-electron chi connectivity index (χ1n) is 6.34. The number of halogens is 1. The molecule has 108 valence electrons. The number of rotatable bonds is 5. The molecule has 0 bridgehead atoms. The molecule has 1 aromatic carbocycles. The maximum Gasteiger partial charge on any atom is 0.169 e. The van der Waals surface area contributed by atoms with Crippen LogP contribution >= 0.6 is 15.9 Å². The van der Waals surface area contributed by atoms with Crippen LogP contribution in [0, 0.1) is 6.92 Å². The number of hydrogen-bond acceptors (Lipinski definition) is 4. The van der Waals surface area contributed by atoms with Crippen LogP contribution in [0.4, 0.5) is 0 Å². The van der Waals surface area contributed by atoms with Gasteiger partial charge in [0, 0.05) is 18.0 Å². The van der Waals surface area contributed by atoms with Gasteiger partial charge in [-0.05, 0) is 41.1 Å². The highest BCUT2D eigenvalue weighted by molar-refractivity contribution is 9.10. The summed E-state index contributed by atoms with van der Waals surface area (Å²) in [6.45, 7) is 2.28. The van der Waals surface area contributed by atoms with Crippen LogP contribution in [0.2, 0.25) is 0 Å². The highest BCUT2D eigenvalue weighted by atomic mass is 79.9. The molecule has 1 aromatic heterocycles. The lowest BCUT2D eigenvalue weighted by Gasteiger charge is -2.22. The number of aliphatic hydroxyl groups is 1. The minimum Gasteiger partial charge on any atom is -0.496 e. The summed E-state index contributed by atoms with van der Waals surface area (Å²) >= 11 is 3.23. The third-order valence-electron chi connectivity index (χ3n) is 3.31. The van der Waals surface area contributed by atoms with Crippen LogP contribution in [0.15, 0.2) is 39.4 Å². The second-order valence-electron chi connectivity index (χ2n) is 4.67. The predicted octanol–water partition coefficient (Wildman–Crippen LogP) is 3.14. The van der Waals surface area contributed by atoms with Gasteiger partial charge in [0.25, 0.3) is 0 Å². The molecule has 2 aromatic rings. The molecule has 0 radical (unpaired) electrons. The first-order valence-corrected chi connectivity index (χ1v) is 7.14.